The van der Waals surface area contributed by atoms with Gasteiger partial charge in [-0.15, -0.1) is 0 Å². The number of rotatable bonds is 4. The topological polar surface area (TPSA) is 64.2 Å². The van der Waals surface area contributed by atoms with Crippen LogP contribution in [0.3, 0.4) is 0 Å². The molecule has 1 atom stereocenters. The Kier molecular flexibility index (Phi) is 4.83. The molecule has 0 bridgehead atoms. The fourth-order valence-corrected chi connectivity index (χ4v) is 4.20. The van der Waals surface area contributed by atoms with E-state index in [0.29, 0.717) is 17.8 Å². The molecule has 1 aliphatic heterocycles. The minimum absolute atomic E-state index is 0.0596. The molecule has 1 amide bonds. The first kappa shape index (κ1) is 18.6. The second kappa shape index (κ2) is 7.78. The number of pyridine rings is 1. The Morgan fingerprint density at radius 3 is 2.80 bits per heavy atom. The molecule has 30 heavy (non-hydrogen) atoms. The van der Waals surface area contributed by atoms with Gasteiger partial charge in [-0.05, 0) is 44.4 Å². The number of benzene rings is 1. The van der Waals surface area contributed by atoms with Gasteiger partial charge >= 0.3 is 0 Å². The van der Waals surface area contributed by atoms with Crippen LogP contribution in [0, 0.1) is 0 Å². The Hall–Kier alpha value is -3.41. The number of amides is 1. The number of hydrogen-bond acceptors (Lipinski definition) is 4. The third-order valence-corrected chi connectivity index (χ3v) is 5.86. The van der Waals surface area contributed by atoms with Crippen molar-refractivity contribution in [2.24, 2.45) is 0 Å². The quantitative estimate of drug-likeness (QED) is 0.496. The molecule has 6 nitrogen and oxygen atoms in total. The second-order valence-corrected chi connectivity index (χ2v) is 7.88. The van der Waals surface area contributed by atoms with Crippen molar-refractivity contribution < 1.29 is 9.21 Å². The number of piperidine rings is 1. The van der Waals surface area contributed by atoms with Crippen LogP contribution in [0.25, 0.3) is 22.3 Å². The van der Waals surface area contributed by atoms with E-state index in [2.05, 4.69) is 12.0 Å². The molecule has 5 rings (SSSR count). The smallest absolute Gasteiger partial charge is 0.254 e. The van der Waals surface area contributed by atoms with Gasteiger partial charge in [0.25, 0.3) is 5.91 Å². The highest BCUT2D eigenvalue weighted by Crippen LogP contribution is 2.28. The lowest BCUT2D eigenvalue weighted by Crippen LogP contribution is -2.42. The lowest BCUT2D eigenvalue weighted by Gasteiger charge is -2.33. The van der Waals surface area contributed by atoms with Crippen LogP contribution < -0.4 is 0 Å². The number of aromatic nitrogens is 3. The Labute approximate surface area is 175 Å². The number of fused-ring (bicyclic) bond motifs is 1. The SMILES string of the molecule is CC1CCCCN1C(=O)c1cc(-c2ccccc2)nc2c1cnn2Cc1ccco1. The third-order valence-electron chi connectivity index (χ3n) is 5.86. The zero-order valence-electron chi connectivity index (χ0n) is 17.0. The standard InChI is InChI=1S/C24H24N4O2/c1-17-8-5-6-12-27(17)24(29)20-14-22(18-9-3-2-4-10-18)26-23-21(20)15-25-28(23)16-19-11-7-13-30-19/h2-4,7,9-11,13-15,17H,5-6,8,12,16H2,1H3. The number of carbonyl (C=O) groups is 1. The minimum Gasteiger partial charge on any atom is -0.467 e. The summed E-state index contributed by atoms with van der Waals surface area (Å²) in [7, 11) is 0. The molecule has 0 saturated carbocycles. The highest BCUT2D eigenvalue weighted by atomic mass is 16.3. The summed E-state index contributed by atoms with van der Waals surface area (Å²) in [6.07, 6.45) is 6.67. The summed E-state index contributed by atoms with van der Waals surface area (Å²) in [6, 6.07) is 15.9. The van der Waals surface area contributed by atoms with Gasteiger partial charge in [0.05, 0.1) is 29.1 Å². The number of hydrogen-bond donors (Lipinski definition) is 0. The van der Waals surface area contributed by atoms with Crippen LogP contribution in [0.15, 0.2) is 65.4 Å². The number of likely N-dealkylation sites (tertiary alicyclic amines) is 1. The fraction of sp³-hybridized carbons (Fsp3) is 0.292. The summed E-state index contributed by atoms with van der Waals surface area (Å²) < 4.78 is 7.30. The molecule has 3 aromatic heterocycles. The Bertz CT molecular complexity index is 1160. The second-order valence-electron chi connectivity index (χ2n) is 7.88. The maximum absolute atomic E-state index is 13.6. The fourth-order valence-electron chi connectivity index (χ4n) is 4.20. The van der Waals surface area contributed by atoms with Crippen LogP contribution in [0.2, 0.25) is 0 Å². The van der Waals surface area contributed by atoms with Crippen LogP contribution in [-0.2, 0) is 6.54 Å². The Morgan fingerprint density at radius 1 is 1.17 bits per heavy atom. The van der Waals surface area contributed by atoms with Gasteiger partial charge in [-0.2, -0.15) is 5.10 Å². The van der Waals surface area contributed by atoms with Gasteiger partial charge in [0.2, 0.25) is 0 Å². The predicted molar refractivity (Wildman–Crippen MR) is 115 cm³/mol. The van der Waals surface area contributed by atoms with Gasteiger partial charge in [-0.25, -0.2) is 9.67 Å². The molecule has 6 heteroatoms. The van der Waals surface area contributed by atoms with E-state index in [1.807, 2.05) is 53.4 Å². The molecule has 1 aromatic carbocycles. The Morgan fingerprint density at radius 2 is 2.03 bits per heavy atom. The monoisotopic (exact) mass is 400 g/mol. The lowest BCUT2D eigenvalue weighted by molar-refractivity contribution is 0.0637. The zero-order valence-corrected chi connectivity index (χ0v) is 17.0. The van der Waals surface area contributed by atoms with Gasteiger partial charge in [0, 0.05) is 18.2 Å². The van der Waals surface area contributed by atoms with Crippen molar-refractivity contribution in [1.29, 1.82) is 0 Å². The van der Waals surface area contributed by atoms with E-state index in [1.165, 1.54) is 6.42 Å². The summed E-state index contributed by atoms with van der Waals surface area (Å²) in [5.41, 5.74) is 3.11. The molecule has 152 valence electrons. The molecular weight excluding hydrogens is 376 g/mol. The average Bonchev–Trinajstić information content (AvgIpc) is 3.44. The number of furan rings is 1. The molecule has 1 unspecified atom stereocenters. The highest BCUT2D eigenvalue weighted by Gasteiger charge is 2.27. The van der Waals surface area contributed by atoms with Crippen molar-refractivity contribution in [2.75, 3.05) is 6.54 Å². The van der Waals surface area contributed by atoms with E-state index in [4.69, 9.17) is 9.40 Å². The molecule has 0 radical (unpaired) electrons. The van der Waals surface area contributed by atoms with E-state index in [0.717, 1.165) is 41.8 Å². The number of nitrogens with zero attached hydrogens (tertiary/aromatic N) is 4. The van der Waals surface area contributed by atoms with Crippen molar-refractivity contribution in [3.8, 4) is 11.3 Å². The maximum Gasteiger partial charge on any atom is 0.254 e. The first-order valence-electron chi connectivity index (χ1n) is 10.5. The van der Waals surface area contributed by atoms with E-state index in [-0.39, 0.29) is 11.9 Å². The van der Waals surface area contributed by atoms with Crippen molar-refractivity contribution >= 4 is 16.9 Å². The highest BCUT2D eigenvalue weighted by molar-refractivity contribution is 6.06. The van der Waals surface area contributed by atoms with Gasteiger partial charge in [0.15, 0.2) is 5.65 Å². The lowest BCUT2D eigenvalue weighted by atomic mass is 10.0. The van der Waals surface area contributed by atoms with Gasteiger partial charge < -0.3 is 9.32 Å². The first-order chi connectivity index (χ1) is 14.7. The molecule has 0 N–H and O–H groups in total. The largest absolute Gasteiger partial charge is 0.467 e. The summed E-state index contributed by atoms with van der Waals surface area (Å²) in [4.78, 5) is 20.5. The van der Waals surface area contributed by atoms with Crippen LogP contribution in [-0.4, -0.2) is 38.2 Å². The number of carbonyl (C=O) groups excluding carboxylic acids is 1. The van der Waals surface area contributed by atoms with Crippen molar-refractivity contribution in [2.45, 2.75) is 38.8 Å². The Balaban J connectivity index is 1.64. The molecule has 0 spiro atoms. The molecule has 4 heterocycles. The van der Waals surface area contributed by atoms with Crippen LogP contribution in [0.4, 0.5) is 0 Å². The summed E-state index contributed by atoms with van der Waals surface area (Å²) in [6.45, 7) is 3.40. The van der Waals surface area contributed by atoms with E-state index < -0.39 is 0 Å². The van der Waals surface area contributed by atoms with E-state index >= 15 is 0 Å². The molecule has 1 fully saturated rings. The van der Waals surface area contributed by atoms with Crippen LogP contribution in [0.1, 0.15) is 42.3 Å². The first-order valence-corrected chi connectivity index (χ1v) is 10.5. The normalized spacial score (nSPS) is 16.8. The molecule has 4 aromatic rings. The van der Waals surface area contributed by atoms with Crippen LogP contribution >= 0.6 is 0 Å². The molecule has 1 saturated heterocycles. The van der Waals surface area contributed by atoms with Gasteiger partial charge in [-0.3, -0.25) is 4.79 Å². The molecule has 1 aliphatic rings. The summed E-state index contributed by atoms with van der Waals surface area (Å²) in [5.74, 6) is 0.855. The molecule has 0 aliphatic carbocycles. The van der Waals surface area contributed by atoms with E-state index in [1.54, 1.807) is 17.1 Å². The van der Waals surface area contributed by atoms with Crippen molar-refractivity contribution in [3.63, 3.8) is 0 Å². The minimum atomic E-state index is 0.0596. The molecular formula is C24H24N4O2. The third kappa shape index (κ3) is 3.38. The average molecular weight is 400 g/mol. The van der Waals surface area contributed by atoms with Gasteiger partial charge in [-0.1, -0.05) is 30.3 Å². The predicted octanol–water partition coefficient (Wildman–Crippen LogP) is 4.75. The van der Waals surface area contributed by atoms with E-state index in [9.17, 15) is 4.79 Å². The van der Waals surface area contributed by atoms with Crippen molar-refractivity contribution in [1.82, 2.24) is 19.7 Å². The zero-order chi connectivity index (χ0) is 20.5. The van der Waals surface area contributed by atoms with Crippen LogP contribution in [0.5, 0.6) is 0 Å². The summed E-state index contributed by atoms with van der Waals surface area (Å²) >= 11 is 0. The van der Waals surface area contributed by atoms with Gasteiger partial charge in [0.1, 0.15) is 12.3 Å². The maximum atomic E-state index is 13.6. The summed E-state index contributed by atoms with van der Waals surface area (Å²) in [5, 5.41) is 5.32. The van der Waals surface area contributed by atoms with Crippen molar-refractivity contribution in [3.05, 3.63) is 72.3 Å².